The molecule has 1 aliphatic rings. The standard InChI is InChI=1S/C16H16N4O6S/c1-10-17-18-16(26-10)27-14(15(21)22)9-11-2-3-12(13(8-11)20(23)24)19-4-6-25-7-5-19/h2-3,8-9H,4-7H2,1H3,(H,21,22)/b14-9+. The van der Waals surface area contributed by atoms with Crippen LogP contribution in [0.2, 0.25) is 0 Å². The minimum atomic E-state index is -1.20. The van der Waals surface area contributed by atoms with Crippen molar-refractivity contribution >= 4 is 35.2 Å². The molecule has 10 nitrogen and oxygen atoms in total. The second-order valence-corrected chi connectivity index (χ2v) is 6.60. The van der Waals surface area contributed by atoms with Crippen LogP contribution in [0.1, 0.15) is 11.5 Å². The molecule has 0 spiro atoms. The number of aromatic nitrogens is 2. The number of anilines is 1. The summed E-state index contributed by atoms with van der Waals surface area (Å²) in [7, 11) is 0. The van der Waals surface area contributed by atoms with Gasteiger partial charge in [-0.1, -0.05) is 6.07 Å². The number of hydrogen-bond donors (Lipinski definition) is 1. The van der Waals surface area contributed by atoms with Crippen LogP contribution in [0.25, 0.3) is 6.08 Å². The van der Waals surface area contributed by atoms with Gasteiger partial charge in [-0.15, -0.1) is 10.2 Å². The van der Waals surface area contributed by atoms with Crippen LogP contribution < -0.4 is 4.90 Å². The molecule has 142 valence electrons. The van der Waals surface area contributed by atoms with E-state index in [9.17, 15) is 20.0 Å². The summed E-state index contributed by atoms with van der Waals surface area (Å²) in [6.45, 7) is 3.71. The van der Waals surface area contributed by atoms with Gasteiger partial charge in [-0.25, -0.2) is 4.79 Å². The molecule has 1 fully saturated rings. The van der Waals surface area contributed by atoms with E-state index in [0.717, 1.165) is 11.8 Å². The third-order valence-electron chi connectivity index (χ3n) is 3.76. The Hall–Kier alpha value is -2.92. The molecule has 11 heteroatoms. The van der Waals surface area contributed by atoms with Gasteiger partial charge in [-0.2, -0.15) is 0 Å². The number of carbonyl (C=O) groups is 1. The monoisotopic (exact) mass is 392 g/mol. The van der Waals surface area contributed by atoms with E-state index < -0.39 is 10.9 Å². The minimum Gasteiger partial charge on any atom is -0.477 e. The van der Waals surface area contributed by atoms with E-state index in [1.165, 1.54) is 12.1 Å². The van der Waals surface area contributed by atoms with Crippen LogP contribution in [0.15, 0.2) is 32.7 Å². The van der Waals surface area contributed by atoms with Gasteiger partial charge < -0.3 is 19.2 Å². The van der Waals surface area contributed by atoms with E-state index >= 15 is 0 Å². The van der Waals surface area contributed by atoms with E-state index in [4.69, 9.17) is 9.15 Å². The second-order valence-electron chi connectivity index (χ2n) is 5.61. The Morgan fingerprint density at radius 1 is 1.37 bits per heavy atom. The van der Waals surface area contributed by atoms with E-state index in [0.29, 0.717) is 43.4 Å². The molecular weight excluding hydrogens is 376 g/mol. The molecule has 3 rings (SSSR count). The zero-order valence-electron chi connectivity index (χ0n) is 14.3. The number of nitro groups is 1. The Morgan fingerprint density at radius 2 is 2.11 bits per heavy atom. The number of carboxylic acids is 1. The van der Waals surface area contributed by atoms with Crippen molar-refractivity contribution < 1.29 is 24.0 Å². The highest BCUT2D eigenvalue weighted by Crippen LogP contribution is 2.32. The van der Waals surface area contributed by atoms with E-state index in [-0.39, 0.29) is 15.8 Å². The number of nitro benzene ring substituents is 1. The smallest absolute Gasteiger partial charge is 0.342 e. The molecule has 0 bridgehead atoms. The first-order valence-corrected chi connectivity index (χ1v) is 8.80. The molecule has 1 aromatic heterocycles. The molecule has 2 aromatic rings. The van der Waals surface area contributed by atoms with Gasteiger partial charge in [0.15, 0.2) is 0 Å². The highest BCUT2D eigenvalue weighted by Gasteiger charge is 2.22. The van der Waals surface area contributed by atoms with Crippen molar-refractivity contribution in [3.63, 3.8) is 0 Å². The first-order chi connectivity index (χ1) is 12.9. The Labute approximate surface area is 158 Å². The summed E-state index contributed by atoms with van der Waals surface area (Å²) in [6, 6.07) is 4.62. The Kier molecular flexibility index (Phi) is 5.72. The van der Waals surface area contributed by atoms with Gasteiger partial charge in [0.2, 0.25) is 5.89 Å². The van der Waals surface area contributed by atoms with Crippen molar-refractivity contribution in [2.45, 2.75) is 12.1 Å². The molecule has 1 N–H and O–H groups in total. The van der Waals surface area contributed by atoms with Gasteiger partial charge >= 0.3 is 5.97 Å². The van der Waals surface area contributed by atoms with Crippen molar-refractivity contribution in [1.82, 2.24) is 10.2 Å². The fraction of sp³-hybridized carbons (Fsp3) is 0.312. The lowest BCUT2D eigenvalue weighted by Crippen LogP contribution is -2.36. The van der Waals surface area contributed by atoms with Gasteiger partial charge in [0, 0.05) is 26.1 Å². The van der Waals surface area contributed by atoms with Gasteiger partial charge in [0.05, 0.1) is 18.1 Å². The summed E-state index contributed by atoms with van der Waals surface area (Å²) in [4.78, 5) is 24.3. The van der Waals surface area contributed by atoms with Crippen molar-refractivity contribution in [2.24, 2.45) is 0 Å². The Balaban J connectivity index is 1.92. The van der Waals surface area contributed by atoms with Crippen LogP contribution >= 0.6 is 11.8 Å². The maximum absolute atomic E-state index is 11.5. The van der Waals surface area contributed by atoms with Crippen molar-refractivity contribution in [1.29, 1.82) is 0 Å². The lowest BCUT2D eigenvalue weighted by atomic mass is 10.1. The highest BCUT2D eigenvalue weighted by atomic mass is 32.2. The largest absolute Gasteiger partial charge is 0.477 e. The lowest BCUT2D eigenvalue weighted by molar-refractivity contribution is -0.384. The predicted molar refractivity (Wildman–Crippen MR) is 96.6 cm³/mol. The number of aliphatic carboxylic acids is 1. The van der Waals surface area contributed by atoms with Gasteiger partial charge in [-0.3, -0.25) is 10.1 Å². The van der Waals surface area contributed by atoms with Crippen molar-refractivity contribution in [3.05, 3.63) is 44.7 Å². The first-order valence-electron chi connectivity index (χ1n) is 7.98. The van der Waals surface area contributed by atoms with E-state index in [2.05, 4.69) is 10.2 Å². The maximum Gasteiger partial charge on any atom is 0.342 e. The maximum atomic E-state index is 11.5. The number of nitrogens with zero attached hydrogens (tertiary/aromatic N) is 4. The topological polar surface area (TPSA) is 132 Å². The molecule has 0 radical (unpaired) electrons. The van der Waals surface area contributed by atoms with Crippen LogP contribution in [0, 0.1) is 17.0 Å². The number of carboxylic acid groups (broad SMARTS) is 1. The SMILES string of the molecule is Cc1nnc(S/C(=C/c2ccc(N3CCOCC3)c([N+](=O)[O-])c2)C(=O)O)o1. The summed E-state index contributed by atoms with van der Waals surface area (Å²) in [5, 5.41) is 28.4. The first kappa shape index (κ1) is 18.9. The number of rotatable bonds is 6. The molecule has 0 saturated carbocycles. The average Bonchev–Trinajstić information content (AvgIpc) is 3.06. The summed E-state index contributed by atoms with van der Waals surface area (Å²) >= 11 is 0.783. The molecule has 0 unspecified atom stereocenters. The summed E-state index contributed by atoms with van der Waals surface area (Å²) in [5.74, 6) is -0.886. The van der Waals surface area contributed by atoms with Crippen LogP contribution in [0.5, 0.6) is 0 Å². The predicted octanol–water partition coefficient (Wildman–Crippen LogP) is 2.34. The molecule has 1 aromatic carbocycles. The number of hydrogen-bond acceptors (Lipinski definition) is 9. The fourth-order valence-electron chi connectivity index (χ4n) is 2.55. The molecule has 0 amide bonds. The fourth-order valence-corrected chi connectivity index (χ4v) is 3.26. The molecule has 27 heavy (non-hydrogen) atoms. The van der Waals surface area contributed by atoms with Crippen molar-refractivity contribution in [2.75, 3.05) is 31.2 Å². The van der Waals surface area contributed by atoms with Crippen LogP contribution in [-0.4, -0.2) is 52.5 Å². The zero-order valence-corrected chi connectivity index (χ0v) is 15.1. The quantitative estimate of drug-likeness (QED) is 0.338. The van der Waals surface area contributed by atoms with Gasteiger partial charge in [-0.05, 0) is 29.5 Å². The average molecular weight is 392 g/mol. The number of benzene rings is 1. The van der Waals surface area contributed by atoms with Crippen LogP contribution in [-0.2, 0) is 9.53 Å². The highest BCUT2D eigenvalue weighted by molar-refractivity contribution is 8.03. The van der Waals surface area contributed by atoms with Crippen LogP contribution in [0.4, 0.5) is 11.4 Å². The van der Waals surface area contributed by atoms with Gasteiger partial charge in [0.1, 0.15) is 10.6 Å². The number of ether oxygens (including phenoxy) is 1. The van der Waals surface area contributed by atoms with E-state index in [1.54, 1.807) is 19.1 Å². The third-order valence-corrected chi connectivity index (χ3v) is 4.61. The van der Waals surface area contributed by atoms with Gasteiger partial charge in [0.25, 0.3) is 10.9 Å². The zero-order chi connectivity index (χ0) is 19.4. The number of thioether (sulfide) groups is 1. The summed E-state index contributed by atoms with van der Waals surface area (Å²) in [6.07, 6.45) is 1.34. The number of aryl methyl sites for hydroxylation is 1. The summed E-state index contributed by atoms with van der Waals surface area (Å²) in [5.41, 5.74) is 0.784. The lowest BCUT2D eigenvalue weighted by Gasteiger charge is -2.28. The Bertz CT molecular complexity index is 891. The number of morpholine rings is 1. The molecule has 1 aliphatic heterocycles. The molecular formula is C16H16N4O6S. The summed E-state index contributed by atoms with van der Waals surface area (Å²) < 4.78 is 10.4. The minimum absolute atomic E-state index is 0.0839. The van der Waals surface area contributed by atoms with Crippen molar-refractivity contribution in [3.8, 4) is 0 Å². The normalized spacial score (nSPS) is 15.0. The molecule has 0 aliphatic carbocycles. The second kappa shape index (κ2) is 8.18. The van der Waals surface area contributed by atoms with Crippen LogP contribution in [0.3, 0.4) is 0 Å². The molecule has 1 saturated heterocycles. The third kappa shape index (κ3) is 4.63. The Morgan fingerprint density at radius 3 is 2.70 bits per heavy atom. The molecule has 0 atom stereocenters. The molecule has 2 heterocycles. The van der Waals surface area contributed by atoms with E-state index in [1.807, 2.05) is 4.90 Å².